The highest BCUT2D eigenvalue weighted by atomic mass is 16.2. The van der Waals surface area contributed by atoms with Gasteiger partial charge < -0.3 is 10.2 Å². The third-order valence-electron chi connectivity index (χ3n) is 6.57. The summed E-state index contributed by atoms with van der Waals surface area (Å²) in [5, 5.41) is 3.27. The number of rotatable bonds is 4. The third-order valence-corrected chi connectivity index (χ3v) is 6.57. The van der Waals surface area contributed by atoms with Crippen molar-refractivity contribution in [3.8, 4) is 0 Å². The molecule has 1 saturated heterocycles. The molecule has 2 saturated carbocycles. The first-order valence-corrected chi connectivity index (χ1v) is 10.8. The van der Waals surface area contributed by atoms with Crippen molar-refractivity contribution in [3.63, 3.8) is 0 Å². The summed E-state index contributed by atoms with van der Waals surface area (Å²) in [7, 11) is 0. The molecular weight excluding hydrogens is 312 g/mol. The summed E-state index contributed by atoms with van der Waals surface area (Å²) < 4.78 is 0. The van der Waals surface area contributed by atoms with Gasteiger partial charge in [0.1, 0.15) is 0 Å². The van der Waals surface area contributed by atoms with Gasteiger partial charge in [0.05, 0.1) is 0 Å². The summed E-state index contributed by atoms with van der Waals surface area (Å²) >= 11 is 0. The highest BCUT2D eigenvalue weighted by Gasteiger charge is 2.30. The fraction of sp³-hybridized carbons (Fsp3) is 0.905. The zero-order valence-corrected chi connectivity index (χ0v) is 15.8. The van der Waals surface area contributed by atoms with Crippen LogP contribution in [0.1, 0.15) is 89.9 Å². The van der Waals surface area contributed by atoms with Gasteiger partial charge in [-0.15, -0.1) is 0 Å². The molecule has 0 atom stereocenters. The average molecular weight is 349 g/mol. The lowest BCUT2D eigenvalue weighted by molar-refractivity contribution is -0.138. The molecule has 2 aliphatic carbocycles. The van der Waals surface area contributed by atoms with Crippen LogP contribution in [0.15, 0.2) is 0 Å². The molecule has 0 aromatic carbocycles. The van der Waals surface area contributed by atoms with Crippen LogP contribution in [0.25, 0.3) is 0 Å². The van der Waals surface area contributed by atoms with Crippen molar-refractivity contribution < 1.29 is 9.59 Å². The van der Waals surface area contributed by atoms with E-state index < -0.39 is 0 Å². The molecule has 25 heavy (non-hydrogen) atoms. The minimum atomic E-state index is 0.240. The molecule has 0 unspecified atom stereocenters. The summed E-state index contributed by atoms with van der Waals surface area (Å²) in [6, 6.07) is 0.406. The number of nitrogens with one attached hydrogen (secondary N) is 1. The minimum absolute atomic E-state index is 0.240. The van der Waals surface area contributed by atoms with Gasteiger partial charge in [-0.2, -0.15) is 0 Å². The molecule has 1 N–H and O–H groups in total. The van der Waals surface area contributed by atoms with E-state index in [2.05, 4.69) is 10.2 Å². The van der Waals surface area contributed by atoms with Crippen molar-refractivity contribution in [3.05, 3.63) is 0 Å². The number of likely N-dealkylation sites (tertiary alicyclic amines) is 1. The summed E-state index contributed by atoms with van der Waals surface area (Å²) in [4.78, 5) is 27.1. The number of nitrogens with zero attached hydrogens (tertiary/aromatic N) is 1. The van der Waals surface area contributed by atoms with E-state index in [-0.39, 0.29) is 11.8 Å². The highest BCUT2D eigenvalue weighted by molar-refractivity contribution is 5.79. The Hall–Kier alpha value is -1.06. The minimum Gasteiger partial charge on any atom is -0.353 e. The van der Waals surface area contributed by atoms with E-state index in [1.807, 2.05) is 0 Å². The first-order chi connectivity index (χ1) is 12.2. The zero-order valence-electron chi connectivity index (χ0n) is 15.8. The Labute approximate surface area is 153 Å². The second-order valence-electron chi connectivity index (χ2n) is 8.56. The van der Waals surface area contributed by atoms with Gasteiger partial charge in [-0.1, -0.05) is 44.9 Å². The van der Waals surface area contributed by atoms with E-state index in [0.29, 0.717) is 24.3 Å². The average Bonchev–Trinajstić information content (AvgIpc) is 2.91. The van der Waals surface area contributed by atoms with Crippen LogP contribution in [-0.2, 0) is 9.59 Å². The van der Waals surface area contributed by atoms with Gasteiger partial charge in [-0.25, -0.2) is 0 Å². The molecule has 0 aromatic rings. The van der Waals surface area contributed by atoms with Crippen LogP contribution in [0, 0.1) is 11.8 Å². The lowest BCUT2D eigenvalue weighted by Crippen LogP contribution is -2.43. The molecule has 2 amide bonds. The maximum Gasteiger partial charge on any atom is 0.225 e. The maximum atomic E-state index is 12.6. The molecule has 1 heterocycles. The third kappa shape index (κ3) is 5.72. The predicted molar refractivity (Wildman–Crippen MR) is 100 cm³/mol. The number of hydrogen-bond acceptors (Lipinski definition) is 2. The largest absolute Gasteiger partial charge is 0.353 e. The summed E-state index contributed by atoms with van der Waals surface area (Å²) in [5.41, 5.74) is 0. The van der Waals surface area contributed by atoms with Crippen LogP contribution >= 0.6 is 0 Å². The number of carbonyl (C=O) groups excluding carboxylic acids is 2. The lowest BCUT2D eigenvalue weighted by atomic mass is 9.86. The van der Waals surface area contributed by atoms with Gasteiger partial charge in [0.25, 0.3) is 0 Å². The van der Waals surface area contributed by atoms with Crippen LogP contribution in [0.3, 0.4) is 0 Å². The lowest BCUT2D eigenvalue weighted by Gasteiger charge is -2.35. The van der Waals surface area contributed by atoms with Gasteiger partial charge in [0.2, 0.25) is 11.8 Å². The molecule has 0 radical (unpaired) electrons. The van der Waals surface area contributed by atoms with Crippen LogP contribution < -0.4 is 5.32 Å². The molecular formula is C21H36N2O2. The number of piperidine rings is 1. The van der Waals surface area contributed by atoms with Gasteiger partial charge in [-0.05, 0) is 44.4 Å². The summed E-state index contributed by atoms with van der Waals surface area (Å²) in [6.45, 7) is 1.72. The van der Waals surface area contributed by atoms with Crippen molar-refractivity contribution in [2.75, 3.05) is 13.1 Å². The Bertz CT molecular complexity index is 429. The van der Waals surface area contributed by atoms with Crippen LogP contribution in [0.4, 0.5) is 0 Å². The van der Waals surface area contributed by atoms with Crippen molar-refractivity contribution in [1.82, 2.24) is 10.2 Å². The first kappa shape index (κ1) is 18.7. The van der Waals surface area contributed by atoms with Crippen LogP contribution in [0.5, 0.6) is 0 Å². The maximum absolute atomic E-state index is 12.6. The monoisotopic (exact) mass is 348 g/mol. The number of amides is 2. The van der Waals surface area contributed by atoms with E-state index in [1.165, 1.54) is 44.9 Å². The Balaban J connectivity index is 1.36. The molecule has 3 rings (SSSR count). The first-order valence-electron chi connectivity index (χ1n) is 10.8. The molecule has 1 aliphatic heterocycles. The number of hydrogen-bond donors (Lipinski definition) is 1. The Kier molecular flexibility index (Phi) is 7.18. The Morgan fingerprint density at radius 2 is 1.32 bits per heavy atom. The van der Waals surface area contributed by atoms with E-state index in [1.54, 1.807) is 0 Å². The van der Waals surface area contributed by atoms with Gasteiger partial charge in [-0.3, -0.25) is 9.59 Å². The van der Waals surface area contributed by atoms with E-state index in [9.17, 15) is 9.59 Å². The smallest absolute Gasteiger partial charge is 0.225 e. The molecule has 0 bridgehead atoms. The summed E-state index contributed by atoms with van der Waals surface area (Å²) in [6.07, 6.45) is 16.0. The normalized spacial score (nSPS) is 24.7. The van der Waals surface area contributed by atoms with Crippen LogP contribution in [-0.4, -0.2) is 35.8 Å². The second kappa shape index (κ2) is 9.59. The van der Waals surface area contributed by atoms with Crippen molar-refractivity contribution in [2.24, 2.45) is 11.8 Å². The number of carbonyl (C=O) groups is 2. The van der Waals surface area contributed by atoms with Crippen molar-refractivity contribution >= 4 is 11.8 Å². The highest BCUT2D eigenvalue weighted by Crippen LogP contribution is 2.28. The predicted octanol–water partition coefficient (Wildman–Crippen LogP) is 4.03. The molecule has 3 fully saturated rings. The van der Waals surface area contributed by atoms with E-state index in [0.717, 1.165) is 51.6 Å². The van der Waals surface area contributed by atoms with E-state index in [4.69, 9.17) is 0 Å². The van der Waals surface area contributed by atoms with Crippen molar-refractivity contribution in [2.45, 2.75) is 95.9 Å². The Morgan fingerprint density at radius 3 is 1.96 bits per heavy atom. The molecule has 0 aromatic heterocycles. The molecule has 4 heteroatoms. The molecule has 3 aliphatic rings. The molecule has 142 valence electrons. The van der Waals surface area contributed by atoms with Crippen LogP contribution in [0.2, 0.25) is 0 Å². The summed E-state index contributed by atoms with van der Waals surface area (Å²) in [5.74, 6) is 1.37. The topological polar surface area (TPSA) is 49.4 Å². The van der Waals surface area contributed by atoms with Gasteiger partial charge in [0, 0.05) is 31.5 Å². The SMILES string of the molecule is O=C(CC1CCN(C(=O)C2CCCCC2)CC1)NC1CCCCCC1. The molecule has 0 spiro atoms. The van der Waals surface area contributed by atoms with Gasteiger partial charge in [0.15, 0.2) is 0 Å². The van der Waals surface area contributed by atoms with E-state index >= 15 is 0 Å². The standard InChI is InChI=1S/C21H36N2O2/c24-20(22-19-10-6-1-2-7-11-19)16-17-12-14-23(15-13-17)21(25)18-8-4-3-5-9-18/h17-19H,1-16H2,(H,22,24). The Morgan fingerprint density at radius 1 is 0.760 bits per heavy atom. The van der Waals surface area contributed by atoms with Crippen molar-refractivity contribution in [1.29, 1.82) is 0 Å². The quantitative estimate of drug-likeness (QED) is 0.780. The molecule has 4 nitrogen and oxygen atoms in total. The fourth-order valence-electron chi connectivity index (χ4n) is 4.94. The second-order valence-corrected chi connectivity index (χ2v) is 8.56. The zero-order chi connectivity index (χ0) is 17.5. The fourth-order valence-corrected chi connectivity index (χ4v) is 4.94. The van der Waals surface area contributed by atoms with Gasteiger partial charge >= 0.3 is 0 Å².